The Bertz CT molecular complexity index is 951. The van der Waals surface area contributed by atoms with E-state index >= 15 is 0 Å². The average Bonchev–Trinajstić information content (AvgIpc) is 2.77. The van der Waals surface area contributed by atoms with Crippen LogP contribution in [0.3, 0.4) is 0 Å². The van der Waals surface area contributed by atoms with Crippen LogP contribution in [0.4, 0.5) is 5.69 Å². The number of hydrogen-bond donors (Lipinski definition) is 2. The maximum Gasteiger partial charge on any atom is 0.320 e. The largest absolute Gasteiger partial charge is 0.508 e. The fourth-order valence-corrected chi connectivity index (χ4v) is 4.05. The second kappa shape index (κ2) is 10.9. The molecule has 0 radical (unpaired) electrons. The minimum Gasteiger partial charge on any atom is -0.508 e. The number of nitrogens with zero attached hydrogens (tertiary/aromatic N) is 2. The number of carbonyl (C=O) groups excluding carboxylic acids is 2. The number of carbonyl (C=O) groups is 2. The van der Waals surface area contributed by atoms with E-state index in [1.165, 1.54) is 0 Å². The lowest BCUT2D eigenvalue weighted by Crippen LogP contribution is -2.55. The molecule has 2 aromatic rings. The number of amides is 1. The van der Waals surface area contributed by atoms with Gasteiger partial charge in [0.1, 0.15) is 11.4 Å². The number of anilines is 1. The van der Waals surface area contributed by atoms with E-state index in [0.29, 0.717) is 37.6 Å². The monoisotopic (exact) mass is 473 g/mol. The zero-order valence-corrected chi connectivity index (χ0v) is 20.1. The number of hydrogen-bond acceptors (Lipinski definition) is 6. The minimum absolute atomic E-state index is 0.0641. The zero-order chi connectivity index (χ0) is 24.0. The molecule has 1 aliphatic rings. The molecule has 0 aromatic heterocycles. The van der Waals surface area contributed by atoms with Crippen LogP contribution >= 0.6 is 11.6 Å². The number of ether oxygens (including phenoxy) is 1. The number of phenols is 1. The van der Waals surface area contributed by atoms with Crippen molar-refractivity contribution >= 4 is 29.2 Å². The van der Waals surface area contributed by atoms with Crippen LogP contribution in [0.15, 0.2) is 48.5 Å². The van der Waals surface area contributed by atoms with E-state index in [4.69, 9.17) is 16.3 Å². The molecule has 178 valence electrons. The molecule has 8 heteroatoms. The van der Waals surface area contributed by atoms with E-state index in [1.54, 1.807) is 24.3 Å². The third kappa shape index (κ3) is 7.37. The first-order chi connectivity index (χ1) is 15.6. The van der Waals surface area contributed by atoms with E-state index in [0.717, 1.165) is 11.3 Å². The van der Waals surface area contributed by atoms with Gasteiger partial charge in [0.25, 0.3) is 0 Å². The molecule has 0 spiro atoms. The molecule has 1 aliphatic heterocycles. The Morgan fingerprint density at radius 1 is 1.06 bits per heavy atom. The van der Waals surface area contributed by atoms with Crippen LogP contribution in [-0.2, 0) is 20.7 Å². The maximum absolute atomic E-state index is 13.4. The van der Waals surface area contributed by atoms with Gasteiger partial charge in [0.15, 0.2) is 0 Å². The zero-order valence-electron chi connectivity index (χ0n) is 19.4. The quantitative estimate of drug-likeness (QED) is 0.601. The van der Waals surface area contributed by atoms with Crippen LogP contribution in [-0.4, -0.2) is 66.2 Å². The predicted octanol–water partition coefficient (Wildman–Crippen LogP) is 3.24. The molecule has 1 heterocycles. The van der Waals surface area contributed by atoms with Gasteiger partial charge in [-0.25, -0.2) is 0 Å². The van der Waals surface area contributed by atoms with Gasteiger partial charge in [-0.3, -0.25) is 14.9 Å². The summed E-state index contributed by atoms with van der Waals surface area (Å²) < 4.78 is 5.37. The first kappa shape index (κ1) is 24.9. The molecule has 0 saturated carbocycles. The van der Waals surface area contributed by atoms with E-state index in [2.05, 4.69) is 10.2 Å². The number of para-hydroxylation sites is 1. The van der Waals surface area contributed by atoms with Crippen molar-refractivity contribution in [3.05, 3.63) is 59.1 Å². The van der Waals surface area contributed by atoms with Gasteiger partial charge < -0.3 is 19.6 Å². The molecule has 3 rings (SSSR count). The summed E-state index contributed by atoms with van der Waals surface area (Å²) in [6.45, 7) is 7.83. The molecule has 0 bridgehead atoms. The fourth-order valence-electron chi connectivity index (χ4n) is 3.79. The highest BCUT2D eigenvalue weighted by atomic mass is 35.5. The SMILES string of the molecule is CC(C)(C)OC(=O)CNC(Cc1ccc(O)cc1)C(=O)N1CCN(c2ccccc2Cl)CC1. The minimum atomic E-state index is -0.593. The number of esters is 1. The van der Waals surface area contributed by atoms with Crippen molar-refractivity contribution in [3.63, 3.8) is 0 Å². The Balaban J connectivity index is 1.65. The van der Waals surface area contributed by atoms with Gasteiger partial charge in [0.05, 0.1) is 23.3 Å². The maximum atomic E-state index is 13.4. The summed E-state index contributed by atoms with van der Waals surface area (Å²) in [4.78, 5) is 29.6. The molecular weight excluding hydrogens is 442 g/mol. The molecule has 1 fully saturated rings. The first-order valence-electron chi connectivity index (χ1n) is 11.1. The highest BCUT2D eigenvalue weighted by Crippen LogP contribution is 2.26. The number of rotatable bonds is 7. The lowest BCUT2D eigenvalue weighted by Gasteiger charge is -2.38. The lowest BCUT2D eigenvalue weighted by molar-refractivity contribution is -0.153. The molecule has 7 nitrogen and oxygen atoms in total. The van der Waals surface area contributed by atoms with Crippen LogP contribution in [0.2, 0.25) is 5.02 Å². The highest BCUT2D eigenvalue weighted by Gasteiger charge is 2.29. The number of phenolic OH excluding ortho intramolecular Hbond substituents is 1. The smallest absolute Gasteiger partial charge is 0.320 e. The molecule has 2 N–H and O–H groups in total. The number of nitrogens with one attached hydrogen (secondary N) is 1. The second-order valence-electron chi connectivity index (χ2n) is 9.15. The van der Waals surface area contributed by atoms with Crippen molar-refractivity contribution in [3.8, 4) is 5.75 Å². The number of benzene rings is 2. The molecule has 1 unspecified atom stereocenters. The summed E-state index contributed by atoms with van der Waals surface area (Å²) in [6.07, 6.45) is 0.395. The van der Waals surface area contributed by atoms with Crippen molar-refractivity contribution in [1.29, 1.82) is 0 Å². The normalized spacial score (nSPS) is 15.3. The third-order valence-electron chi connectivity index (χ3n) is 5.37. The van der Waals surface area contributed by atoms with Gasteiger partial charge in [-0.1, -0.05) is 35.9 Å². The van der Waals surface area contributed by atoms with Crippen molar-refractivity contribution < 1.29 is 19.4 Å². The van der Waals surface area contributed by atoms with Crippen molar-refractivity contribution in [2.45, 2.75) is 38.8 Å². The van der Waals surface area contributed by atoms with Crippen LogP contribution in [0.1, 0.15) is 26.3 Å². The number of piperazine rings is 1. The molecule has 1 amide bonds. The summed E-state index contributed by atoms with van der Waals surface area (Å²) in [5, 5.41) is 13.3. The van der Waals surface area contributed by atoms with Crippen LogP contribution in [0.5, 0.6) is 5.75 Å². The van der Waals surface area contributed by atoms with Gasteiger partial charge in [-0.05, 0) is 57.0 Å². The summed E-state index contributed by atoms with van der Waals surface area (Å²) in [5.41, 5.74) is 1.26. The van der Waals surface area contributed by atoms with E-state index in [-0.39, 0.29) is 18.2 Å². The van der Waals surface area contributed by atoms with Gasteiger partial charge in [-0.2, -0.15) is 0 Å². The third-order valence-corrected chi connectivity index (χ3v) is 5.69. The summed E-state index contributed by atoms with van der Waals surface area (Å²) in [7, 11) is 0. The Kier molecular flexibility index (Phi) is 8.21. The van der Waals surface area contributed by atoms with Crippen molar-refractivity contribution in [2.24, 2.45) is 0 Å². The van der Waals surface area contributed by atoms with E-state index in [1.807, 2.05) is 49.9 Å². The Morgan fingerprint density at radius 3 is 2.30 bits per heavy atom. The number of halogens is 1. The molecule has 0 aliphatic carbocycles. The second-order valence-corrected chi connectivity index (χ2v) is 9.56. The van der Waals surface area contributed by atoms with E-state index in [9.17, 15) is 14.7 Å². The standard InChI is InChI=1S/C25H32ClN3O4/c1-25(2,3)33-23(31)17-27-21(16-18-8-10-19(30)11-9-18)24(32)29-14-12-28(13-15-29)22-7-5-4-6-20(22)26/h4-11,21,27,30H,12-17H2,1-3H3. The Hall–Kier alpha value is -2.77. The fraction of sp³-hybridized carbons (Fsp3) is 0.440. The van der Waals surface area contributed by atoms with Gasteiger partial charge >= 0.3 is 5.97 Å². The molecule has 1 atom stereocenters. The van der Waals surface area contributed by atoms with Crippen LogP contribution in [0, 0.1) is 0 Å². The molecular formula is C25H32ClN3O4. The molecule has 2 aromatic carbocycles. The first-order valence-corrected chi connectivity index (χ1v) is 11.5. The number of aromatic hydroxyl groups is 1. The highest BCUT2D eigenvalue weighted by molar-refractivity contribution is 6.33. The van der Waals surface area contributed by atoms with Crippen LogP contribution < -0.4 is 10.2 Å². The van der Waals surface area contributed by atoms with Crippen LogP contribution in [0.25, 0.3) is 0 Å². The van der Waals surface area contributed by atoms with Crippen molar-refractivity contribution in [2.75, 3.05) is 37.6 Å². The summed E-state index contributed by atoms with van der Waals surface area (Å²) >= 11 is 6.33. The van der Waals surface area contributed by atoms with Gasteiger partial charge in [0.2, 0.25) is 5.91 Å². The Morgan fingerprint density at radius 2 is 1.70 bits per heavy atom. The lowest BCUT2D eigenvalue weighted by atomic mass is 10.0. The average molecular weight is 474 g/mol. The Labute approximate surface area is 200 Å². The summed E-state index contributed by atoms with van der Waals surface area (Å²) in [6, 6.07) is 13.8. The van der Waals surface area contributed by atoms with E-state index < -0.39 is 17.6 Å². The topological polar surface area (TPSA) is 82.1 Å². The van der Waals surface area contributed by atoms with Gasteiger partial charge in [-0.15, -0.1) is 0 Å². The van der Waals surface area contributed by atoms with Crippen molar-refractivity contribution in [1.82, 2.24) is 10.2 Å². The molecule has 1 saturated heterocycles. The predicted molar refractivity (Wildman–Crippen MR) is 130 cm³/mol. The molecule has 33 heavy (non-hydrogen) atoms. The summed E-state index contributed by atoms with van der Waals surface area (Å²) in [5.74, 6) is -0.306. The van der Waals surface area contributed by atoms with Gasteiger partial charge in [0, 0.05) is 26.2 Å².